The average Bonchev–Trinajstić information content (AvgIpc) is 1.65. The molecule has 0 bridgehead atoms. The van der Waals surface area contributed by atoms with Crippen LogP contribution in [0.5, 0.6) is 0 Å². The van der Waals surface area contributed by atoms with Crippen molar-refractivity contribution in [3.8, 4) is 0 Å². The molecule has 0 aliphatic heterocycles. The van der Waals surface area contributed by atoms with Gasteiger partial charge in [0.05, 0.1) is 11.6 Å². The Morgan fingerprint density at radius 2 is 2.00 bits per heavy atom. The first kappa shape index (κ1) is 8.76. The van der Waals surface area contributed by atoms with E-state index in [0.29, 0.717) is 11.6 Å². The molecule has 0 fully saturated rings. The molecular formula is C6H12ClNO. The van der Waals surface area contributed by atoms with Crippen LogP contribution in [0.3, 0.4) is 0 Å². The molecule has 0 aromatic rings. The highest BCUT2D eigenvalue weighted by Crippen LogP contribution is 2.16. The summed E-state index contributed by atoms with van der Waals surface area (Å²) in [4.78, 5) is 0. The first-order valence-electron chi connectivity index (χ1n) is 2.79. The quantitative estimate of drug-likeness (QED) is 0.263. The fraction of sp³-hybridized carbons (Fsp3) is 0.833. The molecule has 9 heavy (non-hydrogen) atoms. The molecule has 0 atom stereocenters. The molecule has 0 aliphatic rings. The van der Waals surface area contributed by atoms with E-state index in [1.165, 1.54) is 0 Å². The molecule has 0 saturated carbocycles. The van der Waals surface area contributed by atoms with Gasteiger partial charge in [0.15, 0.2) is 0 Å². The highest BCUT2D eigenvalue weighted by Gasteiger charge is 2.17. The summed E-state index contributed by atoms with van der Waals surface area (Å²) in [6.45, 7) is 5.85. The Morgan fingerprint density at radius 1 is 1.56 bits per heavy atom. The Hall–Kier alpha value is -0.240. The van der Waals surface area contributed by atoms with Crippen LogP contribution >= 0.6 is 11.6 Å². The molecule has 2 nitrogen and oxygen atoms in total. The fourth-order valence-corrected chi connectivity index (χ4v) is 0.832. The molecule has 0 aromatic carbocycles. The SMILES string of the molecule is CC(C)(C)/C(CCl)=N\O. The summed E-state index contributed by atoms with van der Waals surface area (Å²) in [5.41, 5.74) is 0.500. The van der Waals surface area contributed by atoms with Crippen LogP contribution in [-0.4, -0.2) is 16.8 Å². The van der Waals surface area contributed by atoms with Gasteiger partial charge in [-0.2, -0.15) is 0 Å². The Kier molecular flexibility index (Phi) is 2.98. The van der Waals surface area contributed by atoms with Crippen molar-refractivity contribution in [3.05, 3.63) is 0 Å². The molecule has 0 saturated heterocycles. The predicted molar refractivity (Wildman–Crippen MR) is 39.4 cm³/mol. The summed E-state index contributed by atoms with van der Waals surface area (Å²) in [5, 5.41) is 11.4. The molecule has 0 radical (unpaired) electrons. The Balaban J connectivity index is 4.14. The molecule has 1 N–H and O–H groups in total. The van der Waals surface area contributed by atoms with Crippen LogP contribution in [0.1, 0.15) is 20.8 Å². The van der Waals surface area contributed by atoms with Crippen molar-refractivity contribution < 1.29 is 5.21 Å². The Morgan fingerprint density at radius 3 is 2.00 bits per heavy atom. The van der Waals surface area contributed by atoms with Gasteiger partial charge in [0.1, 0.15) is 0 Å². The van der Waals surface area contributed by atoms with Crippen molar-refractivity contribution in [1.82, 2.24) is 0 Å². The molecule has 0 aliphatic carbocycles. The molecule has 0 spiro atoms. The van der Waals surface area contributed by atoms with Crippen molar-refractivity contribution in [1.29, 1.82) is 0 Å². The lowest BCUT2D eigenvalue weighted by atomic mass is 9.91. The number of hydrogen-bond acceptors (Lipinski definition) is 2. The lowest BCUT2D eigenvalue weighted by Crippen LogP contribution is -2.21. The van der Waals surface area contributed by atoms with E-state index in [0.717, 1.165) is 0 Å². The first-order chi connectivity index (χ1) is 4.02. The van der Waals surface area contributed by atoms with Gasteiger partial charge in [0.2, 0.25) is 0 Å². The normalized spacial score (nSPS) is 14.0. The van der Waals surface area contributed by atoms with E-state index in [4.69, 9.17) is 16.8 Å². The van der Waals surface area contributed by atoms with Crippen molar-refractivity contribution >= 4 is 17.3 Å². The molecule has 0 amide bonds. The summed E-state index contributed by atoms with van der Waals surface area (Å²) in [6.07, 6.45) is 0. The van der Waals surface area contributed by atoms with Crippen LogP contribution < -0.4 is 0 Å². The number of nitrogens with zero attached hydrogens (tertiary/aromatic N) is 1. The minimum atomic E-state index is -0.115. The second-order valence-electron chi connectivity index (χ2n) is 2.93. The van der Waals surface area contributed by atoms with Crippen molar-refractivity contribution in [2.24, 2.45) is 10.6 Å². The maximum atomic E-state index is 8.37. The van der Waals surface area contributed by atoms with Gasteiger partial charge in [0, 0.05) is 5.41 Å². The van der Waals surface area contributed by atoms with E-state index >= 15 is 0 Å². The van der Waals surface area contributed by atoms with E-state index in [9.17, 15) is 0 Å². The molecular weight excluding hydrogens is 138 g/mol. The zero-order valence-corrected chi connectivity index (χ0v) is 6.74. The van der Waals surface area contributed by atoms with Crippen LogP contribution in [0.15, 0.2) is 5.16 Å². The second-order valence-corrected chi connectivity index (χ2v) is 3.20. The number of oxime groups is 1. The van der Waals surface area contributed by atoms with E-state index in [2.05, 4.69) is 5.16 Å². The van der Waals surface area contributed by atoms with Gasteiger partial charge in [-0.25, -0.2) is 0 Å². The van der Waals surface area contributed by atoms with Crippen molar-refractivity contribution in [2.75, 3.05) is 5.88 Å². The van der Waals surface area contributed by atoms with Gasteiger partial charge in [0.25, 0.3) is 0 Å². The van der Waals surface area contributed by atoms with E-state index < -0.39 is 0 Å². The monoisotopic (exact) mass is 149 g/mol. The van der Waals surface area contributed by atoms with Gasteiger partial charge in [-0.15, -0.1) is 11.6 Å². The molecule has 0 unspecified atom stereocenters. The van der Waals surface area contributed by atoms with Gasteiger partial charge in [-0.1, -0.05) is 25.9 Å². The maximum Gasteiger partial charge on any atom is 0.0771 e. The van der Waals surface area contributed by atoms with Crippen LogP contribution in [0, 0.1) is 5.41 Å². The molecule has 3 heteroatoms. The van der Waals surface area contributed by atoms with Crippen molar-refractivity contribution in [2.45, 2.75) is 20.8 Å². The summed E-state index contributed by atoms with van der Waals surface area (Å²) in [5.74, 6) is 0.292. The van der Waals surface area contributed by atoms with Gasteiger partial charge in [-0.05, 0) is 0 Å². The predicted octanol–water partition coefficient (Wildman–Crippen LogP) is 2.10. The van der Waals surface area contributed by atoms with Crippen LogP contribution in [-0.2, 0) is 0 Å². The topological polar surface area (TPSA) is 32.6 Å². The number of hydrogen-bond donors (Lipinski definition) is 1. The second kappa shape index (κ2) is 3.06. The third-order valence-corrected chi connectivity index (χ3v) is 1.37. The maximum absolute atomic E-state index is 8.37. The largest absolute Gasteiger partial charge is 0.411 e. The Labute approximate surface area is 60.5 Å². The third kappa shape index (κ3) is 2.70. The minimum Gasteiger partial charge on any atom is -0.411 e. The van der Waals surface area contributed by atoms with E-state index in [1.54, 1.807) is 0 Å². The molecule has 0 heterocycles. The smallest absolute Gasteiger partial charge is 0.0771 e. The highest BCUT2D eigenvalue weighted by molar-refractivity contribution is 6.29. The number of rotatable bonds is 1. The van der Waals surface area contributed by atoms with Gasteiger partial charge < -0.3 is 5.21 Å². The summed E-state index contributed by atoms with van der Waals surface area (Å²) in [7, 11) is 0. The average molecular weight is 150 g/mol. The fourth-order valence-electron chi connectivity index (χ4n) is 0.377. The zero-order valence-electron chi connectivity index (χ0n) is 5.98. The highest BCUT2D eigenvalue weighted by atomic mass is 35.5. The van der Waals surface area contributed by atoms with Crippen LogP contribution in [0.2, 0.25) is 0 Å². The third-order valence-electron chi connectivity index (χ3n) is 1.11. The van der Waals surface area contributed by atoms with E-state index in [1.807, 2.05) is 20.8 Å². The van der Waals surface area contributed by atoms with Crippen molar-refractivity contribution in [3.63, 3.8) is 0 Å². The lowest BCUT2D eigenvalue weighted by Gasteiger charge is -2.16. The van der Waals surface area contributed by atoms with Crippen LogP contribution in [0.4, 0.5) is 0 Å². The van der Waals surface area contributed by atoms with Gasteiger partial charge in [-0.3, -0.25) is 0 Å². The number of halogens is 1. The molecule has 54 valence electrons. The first-order valence-corrected chi connectivity index (χ1v) is 3.33. The van der Waals surface area contributed by atoms with Crippen LogP contribution in [0.25, 0.3) is 0 Å². The summed E-state index contributed by atoms with van der Waals surface area (Å²) < 4.78 is 0. The summed E-state index contributed by atoms with van der Waals surface area (Å²) in [6, 6.07) is 0. The van der Waals surface area contributed by atoms with Gasteiger partial charge >= 0.3 is 0 Å². The summed E-state index contributed by atoms with van der Waals surface area (Å²) >= 11 is 5.46. The molecule has 0 rings (SSSR count). The molecule has 0 aromatic heterocycles. The zero-order chi connectivity index (χ0) is 7.49. The Bertz CT molecular complexity index is 115. The lowest BCUT2D eigenvalue weighted by molar-refractivity contribution is 0.310. The number of alkyl halides is 1. The standard InChI is InChI=1S/C6H12ClNO/c1-6(2,3)5(4-7)8-9/h9H,4H2,1-3H3/b8-5-. The van der Waals surface area contributed by atoms with E-state index in [-0.39, 0.29) is 5.41 Å². The minimum absolute atomic E-state index is 0.115.